The van der Waals surface area contributed by atoms with Crippen molar-refractivity contribution in [2.75, 3.05) is 6.54 Å². The van der Waals surface area contributed by atoms with E-state index in [4.69, 9.17) is 0 Å². The second-order valence-corrected chi connectivity index (χ2v) is 7.76. The molecule has 26 heavy (non-hydrogen) atoms. The molecule has 0 aromatic carbocycles. The van der Waals surface area contributed by atoms with Gasteiger partial charge >= 0.3 is 0 Å². The number of hydrogen-bond acceptors (Lipinski definition) is 7. The molecule has 1 aliphatic rings. The lowest BCUT2D eigenvalue weighted by molar-refractivity contribution is 0.0603. The molecule has 1 saturated heterocycles. The second-order valence-electron chi connectivity index (χ2n) is 6.23. The van der Waals surface area contributed by atoms with Gasteiger partial charge in [0, 0.05) is 23.6 Å². The average molecular weight is 387 g/mol. The van der Waals surface area contributed by atoms with Gasteiger partial charge in [-0.15, -0.1) is 5.10 Å². The first-order valence-corrected chi connectivity index (χ1v) is 10.1. The standard InChI is InChI=1S/C17H17N5O2S2/c1-10-15(26-21-20-10)17(24)22-6-3-2-4-13(22)16-18-12(8-14(23)19-16)11-5-7-25-9-11/h5,7-9,13H,2-4,6H2,1H3,(H,18,19,23). The molecule has 0 radical (unpaired) electrons. The zero-order chi connectivity index (χ0) is 18.1. The smallest absolute Gasteiger partial charge is 0.268 e. The highest BCUT2D eigenvalue weighted by molar-refractivity contribution is 7.08. The van der Waals surface area contributed by atoms with Gasteiger partial charge < -0.3 is 9.88 Å². The highest BCUT2D eigenvalue weighted by Gasteiger charge is 2.32. The van der Waals surface area contributed by atoms with Crippen LogP contribution < -0.4 is 5.56 Å². The molecule has 3 aromatic rings. The maximum atomic E-state index is 13.0. The van der Waals surface area contributed by atoms with E-state index >= 15 is 0 Å². The van der Waals surface area contributed by atoms with Crippen LogP contribution in [0, 0.1) is 6.92 Å². The lowest BCUT2D eigenvalue weighted by Crippen LogP contribution is -2.39. The van der Waals surface area contributed by atoms with Crippen molar-refractivity contribution >= 4 is 28.8 Å². The Labute approximate surface area is 157 Å². The van der Waals surface area contributed by atoms with Crippen LogP contribution in [0.5, 0.6) is 0 Å². The molecule has 4 rings (SSSR count). The molecule has 134 valence electrons. The minimum Gasteiger partial charge on any atom is -0.328 e. The normalized spacial score (nSPS) is 17.4. The van der Waals surface area contributed by atoms with Crippen LogP contribution in [0.25, 0.3) is 11.3 Å². The maximum Gasteiger partial charge on any atom is 0.268 e. The molecule has 4 heterocycles. The number of carbonyl (C=O) groups excluding carboxylic acids is 1. The molecule has 1 atom stereocenters. The van der Waals surface area contributed by atoms with Gasteiger partial charge in [0.1, 0.15) is 10.7 Å². The minimum absolute atomic E-state index is 0.0919. The number of aryl methyl sites for hydroxylation is 1. The van der Waals surface area contributed by atoms with Crippen LogP contribution in [0.3, 0.4) is 0 Å². The molecule has 0 aliphatic carbocycles. The molecule has 1 aliphatic heterocycles. The monoisotopic (exact) mass is 387 g/mol. The quantitative estimate of drug-likeness (QED) is 0.746. The van der Waals surface area contributed by atoms with E-state index in [0.717, 1.165) is 36.4 Å². The maximum absolute atomic E-state index is 13.0. The summed E-state index contributed by atoms with van der Waals surface area (Å²) in [7, 11) is 0. The SMILES string of the molecule is Cc1nnsc1C(=O)N1CCCCC1c1nc(-c2ccsc2)cc(=O)[nH]1. The van der Waals surface area contributed by atoms with Crippen molar-refractivity contribution in [3.63, 3.8) is 0 Å². The van der Waals surface area contributed by atoms with Gasteiger partial charge in [0.15, 0.2) is 0 Å². The van der Waals surface area contributed by atoms with E-state index in [9.17, 15) is 9.59 Å². The molecule has 3 aromatic heterocycles. The van der Waals surface area contributed by atoms with Crippen molar-refractivity contribution in [2.24, 2.45) is 0 Å². The van der Waals surface area contributed by atoms with Crippen molar-refractivity contribution < 1.29 is 4.79 Å². The molecule has 1 N–H and O–H groups in total. The molecule has 0 bridgehead atoms. The van der Waals surface area contributed by atoms with E-state index in [-0.39, 0.29) is 17.5 Å². The van der Waals surface area contributed by atoms with Crippen LogP contribution in [0.4, 0.5) is 0 Å². The molecule has 0 spiro atoms. The zero-order valence-electron chi connectivity index (χ0n) is 14.1. The third-order valence-electron chi connectivity index (χ3n) is 4.50. The van der Waals surface area contributed by atoms with E-state index in [0.29, 0.717) is 28.6 Å². The van der Waals surface area contributed by atoms with Crippen molar-refractivity contribution in [3.8, 4) is 11.3 Å². The largest absolute Gasteiger partial charge is 0.328 e. The highest BCUT2D eigenvalue weighted by atomic mass is 32.1. The number of hydrogen-bond donors (Lipinski definition) is 1. The second kappa shape index (κ2) is 7.08. The average Bonchev–Trinajstić information content (AvgIpc) is 3.32. The van der Waals surface area contributed by atoms with Gasteiger partial charge in [-0.2, -0.15) is 11.3 Å². The van der Waals surface area contributed by atoms with Crippen molar-refractivity contribution in [3.05, 3.63) is 49.6 Å². The number of aromatic nitrogens is 4. The Bertz CT molecular complexity index is 979. The summed E-state index contributed by atoms with van der Waals surface area (Å²) in [5.74, 6) is 0.452. The van der Waals surface area contributed by atoms with Crippen LogP contribution in [0.2, 0.25) is 0 Å². The Hall–Kier alpha value is -2.39. The predicted octanol–water partition coefficient (Wildman–Crippen LogP) is 3.03. The molecular formula is C17H17N5O2S2. The molecule has 9 heteroatoms. The summed E-state index contributed by atoms with van der Waals surface area (Å²) < 4.78 is 3.87. The summed E-state index contributed by atoms with van der Waals surface area (Å²) in [6.45, 7) is 2.42. The fourth-order valence-electron chi connectivity index (χ4n) is 3.21. The van der Waals surface area contributed by atoms with Crippen LogP contribution in [-0.4, -0.2) is 36.9 Å². The van der Waals surface area contributed by atoms with Gasteiger partial charge in [0.05, 0.1) is 17.4 Å². The number of likely N-dealkylation sites (tertiary alicyclic amines) is 1. The van der Waals surface area contributed by atoms with Crippen molar-refractivity contribution in [2.45, 2.75) is 32.2 Å². The van der Waals surface area contributed by atoms with E-state index in [1.165, 1.54) is 6.07 Å². The summed E-state index contributed by atoms with van der Waals surface area (Å²) in [5, 5.41) is 7.85. The Morgan fingerprint density at radius 1 is 1.38 bits per heavy atom. The van der Waals surface area contributed by atoms with E-state index in [1.54, 1.807) is 23.2 Å². The van der Waals surface area contributed by atoms with Gasteiger partial charge in [-0.05, 0) is 49.2 Å². The topological polar surface area (TPSA) is 91.8 Å². The molecule has 1 amide bonds. The summed E-state index contributed by atoms with van der Waals surface area (Å²) in [4.78, 5) is 35.0. The van der Waals surface area contributed by atoms with E-state index in [2.05, 4.69) is 19.6 Å². The van der Waals surface area contributed by atoms with Crippen molar-refractivity contribution in [1.29, 1.82) is 0 Å². The van der Waals surface area contributed by atoms with Gasteiger partial charge in [-0.25, -0.2) is 4.98 Å². The lowest BCUT2D eigenvalue weighted by Gasteiger charge is -2.34. The number of nitrogens with one attached hydrogen (secondary N) is 1. The first kappa shape index (κ1) is 17.0. The summed E-state index contributed by atoms with van der Waals surface area (Å²) in [6, 6.07) is 3.19. The minimum atomic E-state index is -0.246. The molecule has 7 nitrogen and oxygen atoms in total. The number of piperidine rings is 1. The van der Waals surface area contributed by atoms with Crippen LogP contribution >= 0.6 is 22.9 Å². The number of aromatic amines is 1. The number of rotatable bonds is 3. The lowest BCUT2D eigenvalue weighted by atomic mass is 10.0. The van der Waals surface area contributed by atoms with Gasteiger partial charge in [-0.1, -0.05) is 4.49 Å². The molecule has 0 saturated carbocycles. The van der Waals surface area contributed by atoms with E-state index in [1.807, 2.05) is 16.8 Å². The number of carbonyl (C=O) groups is 1. The summed E-state index contributed by atoms with van der Waals surface area (Å²) in [5.41, 5.74) is 1.99. The fourth-order valence-corrected chi connectivity index (χ4v) is 4.47. The highest BCUT2D eigenvalue weighted by Crippen LogP contribution is 2.31. The van der Waals surface area contributed by atoms with Crippen molar-refractivity contribution in [1.82, 2.24) is 24.5 Å². The Balaban J connectivity index is 1.72. The number of amides is 1. The molecular weight excluding hydrogens is 370 g/mol. The number of H-pyrrole nitrogens is 1. The third-order valence-corrected chi connectivity index (χ3v) is 6.00. The first-order chi connectivity index (χ1) is 12.6. The van der Waals surface area contributed by atoms with E-state index < -0.39 is 0 Å². The third kappa shape index (κ3) is 3.19. The Morgan fingerprint density at radius 2 is 2.27 bits per heavy atom. The van der Waals surface area contributed by atoms with Crippen LogP contribution in [0.1, 0.15) is 46.5 Å². The molecule has 1 unspecified atom stereocenters. The Morgan fingerprint density at radius 3 is 3.00 bits per heavy atom. The summed E-state index contributed by atoms with van der Waals surface area (Å²) >= 11 is 2.67. The zero-order valence-corrected chi connectivity index (χ0v) is 15.8. The first-order valence-electron chi connectivity index (χ1n) is 8.37. The van der Waals surface area contributed by atoms with Gasteiger partial charge in [0.2, 0.25) is 0 Å². The number of thiophene rings is 1. The number of nitrogens with zero attached hydrogens (tertiary/aromatic N) is 4. The van der Waals surface area contributed by atoms with Gasteiger partial charge in [-0.3, -0.25) is 9.59 Å². The molecule has 1 fully saturated rings. The van der Waals surface area contributed by atoms with Gasteiger partial charge in [0.25, 0.3) is 11.5 Å². The van der Waals surface area contributed by atoms with Crippen LogP contribution in [0.15, 0.2) is 27.7 Å². The van der Waals surface area contributed by atoms with Crippen LogP contribution in [-0.2, 0) is 0 Å². The Kier molecular flexibility index (Phi) is 4.64. The summed E-state index contributed by atoms with van der Waals surface area (Å²) in [6.07, 6.45) is 2.69. The fraction of sp³-hybridized carbons (Fsp3) is 0.353. The predicted molar refractivity (Wildman–Crippen MR) is 100 cm³/mol.